The molecule has 0 aromatic rings. The van der Waals surface area contributed by atoms with Crippen LogP contribution >= 0.6 is 0 Å². The van der Waals surface area contributed by atoms with Gasteiger partial charge in [0.15, 0.2) is 0 Å². The van der Waals surface area contributed by atoms with Gasteiger partial charge in [-0.15, -0.1) is 0 Å². The molecule has 1 unspecified atom stereocenters. The molecule has 1 aliphatic carbocycles. The lowest BCUT2D eigenvalue weighted by molar-refractivity contribution is -0.120. The molecule has 0 aromatic heterocycles. The zero-order valence-corrected chi connectivity index (χ0v) is 9.46. The lowest BCUT2D eigenvalue weighted by Crippen LogP contribution is -2.39. The van der Waals surface area contributed by atoms with E-state index < -0.39 is 0 Å². The van der Waals surface area contributed by atoms with Gasteiger partial charge in [0.2, 0.25) is 5.91 Å². The Bertz CT molecular complexity index is 189. The van der Waals surface area contributed by atoms with Gasteiger partial charge in [-0.2, -0.15) is 0 Å². The van der Waals surface area contributed by atoms with Gasteiger partial charge in [-0.25, -0.2) is 0 Å². The molecule has 1 rings (SSSR count). The van der Waals surface area contributed by atoms with Crippen LogP contribution in [0.25, 0.3) is 0 Å². The number of nitrogens with one attached hydrogen (secondary N) is 2. The van der Waals surface area contributed by atoms with Gasteiger partial charge in [0.05, 0.1) is 12.6 Å². The molecule has 3 N–H and O–H groups in total. The van der Waals surface area contributed by atoms with E-state index in [1.165, 1.54) is 12.8 Å². The van der Waals surface area contributed by atoms with Crippen molar-refractivity contribution in [2.24, 2.45) is 0 Å². The zero-order valence-electron chi connectivity index (χ0n) is 9.46. The number of aliphatic hydroxyl groups is 1. The van der Waals surface area contributed by atoms with Crippen LogP contribution in [0.1, 0.15) is 39.0 Å². The number of hydrogen-bond acceptors (Lipinski definition) is 3. The lowest BCUT2D eigenvalue weighted by Gasteiger charge is -2.12. The summed E-state index contributed by atoms with van der Waals surface area (Å²) in [5.74, 6) is 0.0764. The van der Waals surface area contributed by atoms with Crippen LogP contribution in [0.2, 0.25) is 0 Å². The standard InChI is InChI=1S/C11H22N2O2/c1-9(14)6-7-12-8-11(15)13-10-4-2-3-5-10/h9-10,12,14H,2-8H2,1H3,(H,13,15). The summed E-state index contributed by atoms with van der Waals surface area (Å²) in [4.78, 5) is 11.4. The van der Waals surface area contributed by atoms with Crippen molar-refractivity contribution in [3.05, 3.63) is 0 Å². The highest BCUT2D eigenvalue weighted by molar-refractivity contribution is 5.78. The average Bonchev–Trinajstić information content (AvgIpc) is 2.64. The van der Waals surface area contributed by atoms with Gasteiger partial charge < -0.3 is 15.7 Å². The summed E-state index contributed by atoms with van der Waals surface area (Å²) in [6.45, 7) is 2.80. The summed E-state index contributed by atoms with van der Waals surface area (Å²) < 4.78 is 0. The third-order valence-electron chi connectivity index (χ3n) is 2.74. The van der Waals surface area contributed by atoms with E-state index in [0.29, 0.717) is 25.6 Å². The average molecular weight is 214 g/mol. The van der Waals surface area contributed by atoms with Crippen LogP contribution in [-0.4, -0.2) is 36.2 Å². The van der Waals surface area contributed by atoms with Gasteiger partial charge in [-0.05, 0) is 32.7 Å². The van der Waals surface area contributed by atoms with Gasteiger partial charge in [-0.3, -0.25) is 4.79 Å². The molecule has 4 nitrogen and oxygen atoms in total. The van der Waals surface area contributed by atoms with E-state index >= 15 is 0 Å². The quantitative estimate of drug-likeness (QED) is 0.561. The van der Waals surface area contributed by atoms with E-state index in [4.69, 9.17) is 5.11 Å². The maximum Gasteiger partial charge on any atom is 0.234 e. The molecule has 1 amide bonds. The van der Waals surface area contributed by atoms with Crippen LogP contribution in [0.15, 0.2) is 0 Å². The Labute approximate surface area is 91.4 Å². The Kier molecular flexibility index (Phi) is 5.65. The maximum absolute atomic E-state index is 11.4. The van der Waals surface area contributed by atoms with Crippen molar-refractivity contribution in [2.75, 3.05) is 13.1 Å². The van der Waals surface area contributed by atoms with Crippen molar-refractivity contribution >= 4 is 5.91 Å². The van der Waals surface area contributed by atoms with Crippen molar-refractivity contribution in [2.45, 2.75) is 51.2 Å². The minimum absolute atomic E-state index is 0.0764. The Morgan fingerprint density at radius 2 is 2.13 bits per heavy atom. The second-order valence-electron chi connectivity index (χ2n) is 4.36. The van der Waals surface area contributed by atoms with Crippen molar-refractivity contribution in [1.29, 1.82) is 0 Å². The SMILES string of the molecule is CC(O)CCNCC(=O)NC1CCCC1. The lowest BCUT2D eigenvalue weighted by atomic mass is 10.2. The molecule has 0 heterocycles. The fourth-order valence-electron chi connectivity index (χ4n) is 1.86. The van der Waals surface area contributed by atoms with Crippen LogP contribution in [0.5, 0.6) is 0 Å². The topological polar surface area (TPSA) is 61.4 Å². The molecule has 0 aromatic carbocycles. The predicted octanol–water partition coefficient (Wildman–Crippen LogP) is 0.406. The van der Waals surface area contributed by atoms with Crippen molar-refractivity contribution in [3.63, 3.8) is 0 Å². The molecule has 0 bridgehead atoms. The van der Waals surface area contributed by atoms with Gasteiger partial charge >= 0.3 is 0 Å². The fraction of sp³-hybridized carbons (Fsp3) is 0.909. The number of carbonyl (C=O) groups excluding carboxylic acids is 1. The fourth-order valence-corrected chi connectivity index (χ4v) is 1.86. The number of amides is 1. The Morgan fingerprint density at radius 3 is 2.73 bits per heavy atom. The van der Waals surface area contributed by atoms with Crippen molar-refractivity contribution in [3.8, 4) is 0 Å². The van der Waals surface area contributed by atoms with E-state index in [1.54, 1.807) is 6.92 Å². The minimum atomic E-state index is -0.296. The molecule has 0 radical (unpaired) electrons. The largest absolute Gasteiger partial charge is 0.393 e. The first-order chi connectivity index (χ1) is 7.18. The number of aliphatic hydroxyl groups excluding tert-OH is 1. The molecule has 15 heavy (non-hydrogen) atoms. The van der Waals surface area contributed by atoms with Gasteiger partial charge in [0, 0.05) is 6.04 Å². The molecule has 4 heteroatoms. The van der Waals surface area contributed by atoms with Crippen LogP contribution in [0.3, 0.4) is 0 Å². The van der Waals surface area contributed by atoms with E-state index in [0.717, 1.165) is 12.8 Å². The Balaban J connectivity index is 1.98. The highest BCUT2D eigenvalue weighted by atomic mass is 16.3. The number of hydrogen-bond donors (Lipinski definition) is 3. The molecule has 1 atom stereocenters. The van der Waals surface area contributed by atoms with E-state index in [1.807, 2.05) is 0 Å². The Morgan fingerprint density at radius 1 is 1.47 bits per heavy atom. The highest BCUT2D eigenvalue weighted by Gasteiger charge is 2.16. The maximum atomic E-state index is 11.4. The van der Waals surface area contributed by atoms with E-state index in [2.05, 4.69) is 10.6 Å². The summed E-state index contributed by atoms with van der Waals surface area (Å²) in [6, 6.07) is 0.399. The normalized spacial score (nSPS) is 19.1. The summed E-state index contributed by atoms with van der Waals surface area (Å²) in [5.41, 5.74) is 0. The third kappa shape index (κ3) is 5.74. The molecule has 0 spiro atoms. The molecule has 1 fully saturated rings. The molecular weight excluding hydrogens is 192 g/mol. The van der Waals surface area contributed by atoms with Crippen LogP contribution in [-0.2, 0) is 4.79 Å². The highest BCUT2D eigenvalue weighted by Crippen LogP contribution is 2.17. The predicted molar refractivity (Wildman–Crippen MR) is 59.6 cm³/mol. The summed E-state index contributed by atoms with van der Waals surface area (Å²) in [6.07, 6.45) is 5.12. The van der Waals surface area contributed by atoms with Gasteiger partial charge in [-0.1, -0.05) is 12.8 Å². The summed E-state index contributed by atoms with van der Waals surface area (Å²) >= 11 is 0. The van der Waals surface area contributed by atoms with Gasteiger partial charge in [0.1, 0.15) is 0 Å². The van der Waals surface area contributed by atoms with E-state index in [-0.39, 0.29) is 12.0 Å². The second kappa shape index (κ2) is 6.80. The van der Waals surface area contributed by atoms with Crippen LogP contribution < -0.4 is 10.6 Å². The van der Waals surface area contributed by atoms with Crippen LogP contribution in [0.4, 0.5) is 0 Å². The Hall–Kier alpha value is -0.610. The first kappa shape index (κ1) is 12.5. The smallest absolute Gasteiger partial charge is 0.234 e. The monoisotopic (exact) mass is 214 g/mol. The molecule has 88 valence electrons. The first-order valence-corrected chi connectivity index (χ1v) is 5.86. The molecule has 1 saturated carbocycles. The molecule has 0 aliphatic heterocycles. The van der Waals surface area contributed by atoms with Gasteiger partial charge in [0.25, 0.3) is 0 Å². The van der Waals surface area contributed by atoms with E-state index in [9.17, 15) is 4.79 Å². The third-order valence-corrected chi connectivity index (χ3v) is 2.74. The van der Waals surface area contributed by atoms with Crippen molar-refractivity contribution in [1.82, 2.24) is 10.6 Å². The zero-order chi connectivity index (χ0) is 11.1. The summed E-state index contributed by atoms with van der Waals surface area (Å²) in [5, 5.41) is 15.0. The first-order valence-electron chi connectivity index (χ1n) is 5.86. The molecular formula is C11H22N2O2. The second-order valence-corrected chi connectivity index (χ2v) is 4.36. The summed E-state index contributed by atoms with van der Waals surface area (Å²) in [7, 11) is 0. The van der Waals surface area contributed by atoms with Crippen LogP contribution in [0, 0.1) is 0 Å². The number of carbonyl (C=O) groups is 1. The van der Waals surface area contributed by atoms with Crippen molar-refractivity contribution < 1.29 is 9.90 Å². The minimum Gasteiger partial charge on any atom is -0.393 e. The molecule has 0 saturated heterocycles. The molecule has 1 aliphatic rings. The number of rotatable bonds is 6.